The lowest BCUT2D eigenvalue weighted by molar-refractivity contribution is -0.384. The number of likely N-dealkylation sites (N-methyl/N-ethyl adjacent to an activating group) is 1. The number of aromatic nitrogens is 1. The summed E-state index contributed by atoms with van der Waals surface area (Å²) in [5.74, 6) is -0.240. The summed E-state index contributed by atoms with van der Waals surface area (Å²) in [4.78, 5) is 31.6. The normalized spacial score (nSPS) is 14.0. The molecule has 1 fully saturated rings. The molecule has 8 heteroatoms. The molecule has 0 N–H and O–H groups in total. The topological polar surface area (TPSA) is 88.8 Å². The van der Waals surface area contributed by atoms with Crippen LogP contribution in [0.5, 0.6) is 0 Å². The van der Waals surface area contributed by atoms with Crippen molar-refractivity contribution in [1.29, 1.82) is 0 Å². The Kier molecular flexibility index (Phi) is 5.97. The van der Waals surface area contributed by atoms with Gasteiger partial charge in [0.25, 0.3) is 11.6 Å². The molecule has 0 saturated carbocycles. The average Bonchev–Trinajstić information content (AvgIpc) is 2.72. The number of nitro groups is 1. The van der Waals surface area contributed by atoms with Crippen molar-refractivity contribution >= 4 is 17.3 Å². The Labute approximate surface area is 157 Å². The molecule has 0 bridgehead atoms. The van der Waals surface area contributed by atoms with E-state index in [-0.39, 0.29) is 11.6 Å². The Morgan fingerprint density at radius 3 is 2.74 bits per heavy atom. The Morgan fingerprint density at radius 1 is 1.30 bits per heavy atom. The molecule has 2 aromatic rings. The van der Waals surface area contributed by atoms with Gasteiger partial charge in [-0.1, -0.05) is 6.07 Å². The second-order valence-electron chi connectivity index (χ2n) is 6.36. The van der Waals surface area contributed by atoms with Gasteiger partial charge in [0.2, 0.25) is 0 Å². The number of ether oxygens (including phenoxy) is 1. The van der Waals surface area contributed by atoms with Gasteiger partial charge in [-0.15, -0.1) is 0 Å². The Balaban J connectivity index is 1.81. The smallest absolute Gasteiger partial charge is 0.270 e. The molecule has 1 aromatic carbocycles. The van der Waals surface area contributed by atoms with Crippen LogP contribution in [-0.2, 0) is 11.2 Å². The lowest BCUT2D eigenvalue weighted by atomic mass is 10.1. The number of nitrogens with zero attached hydrogens (tertiary/aromatic N) is 4. The van der Waals surface area contributed by atoms with Crippen molar-refractivity contribution in [2.75, 3.05) is 44.8 Å². The molecule has 0 spiro atoms. The number of amides is 1. The molecule has 1 aliphatic rings. The second-order valence-corrected chi connectivity index (χ2v) is 6.36. The first-order valence-corrected chi connectivity index (χ1v) is 8.83. The van der Waals surface area contributed by atoms with Crippen LogP contribution in [0.4, 0.5) is 11.4 Å². The van der Waals surface area contributed by atoms with Crippen LogP contribution in [0.2, 0.25) is 0 Å². The molecule has 8 nitrogen and oxygen atoms in total. The number of hydrogen-bond donors (Lipinski definition) is 0. The van der Waals surface area contributed by atoms with Gasteiger partial charge in [0.15, 0.2) is 0 Å². The summed E-state index contributed by atoms with van der Waals surface area (Å²) < 4.78 is 5.37. The minimum absolute atomic E-state index is 0.0894. The van der Waals surface area contributed by atoms with E-state index in [9.17, 15) is 14.9 Å². The predicted molar refractivity (Wildman–Crippen MR) is 101 cm³/mol. The van der Waals surface area contributed by atoms with Crippen LogP contribution in [0.15, 0.2) is 42.6 Å². The van der Waals surface area contributed by atoms with Gasteiger partial charge >= 0.3 is 0 Å². The minimum Gasteiger partial charge on any atom is -0.378 e. The number of rotatable bonds is 6. The van der Waals surface area contributed by atoms with Crippen LogP contribution in [0.25, 0.3) is 0 Å². The van der Waals surface area contributed by atoms with Crippen molar-refractivity contribution in [3.8, 4) is 0 Å². The highest BCUT2D eigenvalue weighted by Crippen LogP contribution is 2.27. The first-order valence-electron chi connectivity index (χ1n) is 8.83. The van der Waals surface area contributed by atoms with Gasteiger partial charge in [0.05, 0.1) is 29.4 Å². The summed E-state index contributed by atoms with van der Waals surface area (Å²) in [7, 11) is 1.70. The standard InChI is InChI=1S/C19H22N4O4/c1-21(9-7-15-4-2-3-8-20-15)19(24)17-14-16(23(25)26)5-6-18(17)22-10-12-27-13-11-22/h2-6,8,14H,7,9-13H2,1H3. The molecular weight excluding hydrogens is 348 g/mol. The van der Waals surface area contributed by atoms with Gasteiger partial charge < -0.3 is 14.5 Å². The molecular formula is C19H22N4O4. The fourth-order valence-electron chi connectivity index (χ4n) is 3.02. The van der Waals surface area contributed by atoms with Gasteiger partial charge in [-0.3, -0.25) is 19.9 Å². The molecule has 3 rings (SSSR count). The highest BCUT2D eigenvalue weighted by atomic mass is 16.6. The second kappa shape index (κ2) is 8.59. The van der Waals surface area contributed by atoms with Gasteiger partial charge in [-0.25, -0.2) is 0 Å². The highest BCUT2D eigenvalue weighted by Gasteiger charge is 2.24. The summed E-state index contributed by atoms with van der Waals surface area (Å²) in [6, 6.07) is 10.1. The van der Waals surface area contributed by atoms with Gasteiger partial charge in [-0.2, -0.15) is 0 Å². The number of morpholine rings is 1. The molecule has 0 aliphatic carbocycles. The predicted octanol–water partition coefficient (Wildman–Crippen LogP) is 2.14. The maximum atomic E-state index is 13.0. The van der Waals surface area contributed by atoms with E-state index in [4.69, 9.17) is 4.74 Å². The number of anilines is 1. The first kappa shape index (κ1) is 18.8. The number of carbonyl (C=O) groups excluding carboxylic acids is 1. The third-order valence-electron chi connectivity index (χ3n) is 4.55. The van der Waals surface area contributed by atoms with Crippen molar-refractivity contribution in [1.82, 2.24) is 9.88 Å². The summed E-state index contributed by atoms with van der Waals surface area (Å²) in [6.07, 6.45) is 2.33. The first-order chi connectivity index (χ1) is 13.1. The molecule has 0 atom stereocenters. The minimum atomic E-state index is -0.478. The zero-order chi connectivity index (χ0) is 19.2. The van der Waals surface area contributed by atoms with E-state index in [2.05, 4.69) is 4.98 Å². The molecule has 0 radical (unpaired) electrons. The maximum absolute atomic E-state index is 13.0. The van der Waals surface area contributed by atoms with E-state index in [1.165, 1.54) is 12.1 Å². The molecule has 1 aromatic heterocycles. The summed E-state index contributed by atoms with van der Waals surface area (Å²) in [6.45, 7) is 2.91. The van der Waals surface area contributed by atoms with Crippen molar-refractivity contribution in [3.05, 3.63) is 64.0 Å². The van der Waals surface area contributed by atoms with E-state index >= 15 is 0 Å². The lowest BCUT2D eigenvalue weighted by Gasteiger charge is -2.31. The van der Waals surface area contributed by atoms with E-state index in [1.807, 2.05) is 23.1 Å². The fraction of sp³-hybridized carbons (Fsp3) is 0.368. The fourth-order valence-corrected chi connectivity index (χ4v) is 3.02. The van der Waals surface area contributed by atoms with Gasteiger partial charge in [0, 0.05) is 57.1 Å². The number of hydrogen-bond acceptors (Lipinski definition) is 6. The van der Waals surface area contributed by atoms with Crippen molar-refractivity contribution in [3.63, 3.8) is 0 Å². The van der Waals surface area contributed by atoms with Crippen molar-refractivity contribution in [2.45, 2.75) is 6.42 Å². The summed E-state index contributed by atoms with van der Waals surface area (Å²) in [5, 5.41) is 11.2. The maximum Gasteiger partial charge on any atom is 0.270 e. The van der Waals surface area contributed by atoms with Gasteiger partial charge in [0.1, 0.15) is 0 Å². The average molecular weight is 370 g/mol. The molecule has 2 heterocycles. The van der Waals surface area contributed by atoms with E-state index < -0.39 is 4.92 Å². The number of non-ortho nitro benzene ring substituents is 1. The van der Waals surface area contributed by atoms with Crippen LogP contribution < -0.4 is 4.90 Å². The molecule has 0 unspecified atom stereocenters. The van der Waals surface area contributed by atoms with Crippen molar-refractivity contribution in [2.24, 2.45) is 0 Å². The number of pyridine rings is 1. The largest absolute Gasteiger partial charge is 0.378 e. The number of nitro benzene ring substituents is 1. The number of carbonyl (C=O) groups is 1. The highest BCUT2D eigenvalue weighted by molar-refractivity contribution is 6.00. The van der Waals surface area contributed by atoms with Crippen LogP contribution >= 0.6 is 0 Å². The van der Waals surface area contributed by atoms with Gasteiger partial charge in [-0.05, 0) is 18.2 Å². The van der Waals surface area contributed by atoms with Crippen LogP contribution in [0.3, 0.4) is 0 Å². The van der Waals surface area contributed by atoms with Crippen LogP contribution in [0.1, 0.15) is 16.1 Å². The third kappa shape index (κ3) is 4.59. The van der Waals surface area contributed by atoms with Crippen LogP contribution in [0, 0.1) is 10.1 Å². The molecule has 1 aliphatic heterocycles. The van der Waals surface area contributed by atoms with Crippen LogP contribution in [-0.4, -0.2) is 60.6 Å². The zero-order valence-electron chi connectivity index (χ0n) is 15.2. The molecule has 1 saturated heterocycles. The summed E-state index contributed by atoms with van der Waals surface area (Å²) in [5.41, 5.74) is 1.85. The quantitative estimate of drug-likeness (QED) is 0.572. The number of benzene rings is 1. The SMILES string of the molecule is CN(CCc1ccccn1)C(=O)c1cc([N+](=O)[O-])ccc1N1CCOCC1. The zero-order valence-corrected chi connectivity index (χ0v) is 15.2. The summed E-state index contributed by atoms with van der Waals surface area (Å²) >= 11 is 0. The monoisotopic (exact) mass is 370 g/mol. The van der Waals surface area contributed by atoms with E-state index in [1.54, 1.807) is 24.2 Å². The molecule has 27 heavy (non-hydrogen) atoms. The molecule has 142 valence electrons. The Morgan fingerprint density at radius 2 is 2.07 bits per heavy atom. The molecule has 1 amide bonds. The Bertz CT molecular complexity index is 807. The Hall–Kier alpha value is -3.00. The van der Waals surface area contributed by atoms with E-state index in [0.29, 0.717) is 50.5 Å². The van der Waals surface area contributed by atoms with Crippen molar-refractivity contribution < 1.29 is 14.5 Å². The third-order valence-corrected chi connectivity index (χ3v) is 4.55. The lowest BCUT2D eigenvalue weighted by Crippen LogP contribution is -2.38. The van der Waals surface area contributed by atoms with E-state index in [0.717, 1.165) is 5.69 Å².